The molecule has 0 aromatic rings. The molecule has 7 N–H and O–H groups in total. The molecule has 5 nitrogen and oxygen atoms in total. The van der Waals surface area contributed by atoms with Gasteiger partial charge in [-0.1, -0.05) is 0 Å². The Hall–Kier alpha value is -0.650. The molecule has 11 heavy (non-hydrogen) atoms. The van der Waals surface area contributed by atoms with Gasteiger partial charge >= 0.3 is 0 Å². The summed E-state index contributed by atoms with van der Waals surface area (Å²) in [5.74, 6) is -0.547. The predicted octanol–water partition coefficient (Wildman–Crippen LogP) is -2.10. The first-order valence-corrected chi connectivity index (χ1v) is 3.51. The van der Waals surface area contributed by atoms with E-state index >= 15 is 0 Å². The summed E-state index contributed by atoms with van der Waals surface area (Å²) in [5, 5.41) is 8.96. The molecule has 2 atom stereocenters. The predicted molar refractivity (Wildman–Crippen MR) is 41.5 cm³/mol. The number of carbonyl (C=O) groups is 1. The zero-order chi connectivity index (χ0) is 8.85. The van der Waals surface area contributed by atoms with Crippen molar-refractivity contribution in [2.45, 2.75) is 25.0 Å². The van der Waals surface area contributed by atoms with E-state index in [-0.39, 0.29) is 6.54 Å². The van der Waals surface area contributed by atoms with Crippen molar-refractivity contribution >= 4 is 5.91 Å². The molecular weight excluding hydrogens is 146 g/mol. The summed E-state index contributed by atoms with van der Waals surface area (Å²) in [5.41, 5.74) is 15.3. The standard InChI is InChI=1S/C6H15N3O2/c7-3-4(10)1-2-5(8)6(9)11/h4-5,10H,1-3,7-8H2,(H2,9,11)/t4-,5+/m1/s1. The third kappa shape index (κ3) is 4.72. The average Bonchev–Trinajstić information content (AvgIpc) is 1.99. The third-order valence-electron chi connectivity index (χ3n) is 1.45. The Morgan fingerprint density at radius 3 is 2.36 bits per heavy atom. The van der Waals surface area contributed by atoms with Crippen LogP contribution >= 0.6 is 0 Å². The normalized spacial score (nSPS) is 15.9. The van der Waals surface area contributed by atoms with Gasteiger partial charge < -0.3 is 22.3 Å². The molecule has 0 aromatic heterocycles. The quantitative estimate of drug-likeness (QED) is 0.369. The number of hydrogen-bond acceptors (Lipinski definition) is 4. The van der Waals surface area contributed by atoms with E-state index in [9.17, 15) is 4.79 Å². The Morgan fingerprint density at radius 1 is 1.45 bits per heavy atom. The number of primary amides is 1. The maximum Gasteiger partial charge on any atom is 0.234 e. The highest BCUT2D eigenvalue weighted by Gasteiger charge is 2.10. The van der Waals surface area contributed by atoms with Gasteiger partial charge in [0.05, 0.1) is 12.1 Å². The van der Waals surface area contributed by atoms with Gasteiger partial charge in [-0.3, -0.25) is 4.79 Å². The van der Waals surface area contributed by atoms with Crippen LogP contribution < -0.4 is 17.2 Å². The minimum Gasteiger partial charge on any atom is -0.392 e. The van der Waals surface area contributed by atoms with Crippen LogP contribution in [-0.4, -0.2) is 29.7 Å². The van der Waals surface area contributed by atoms with Crippen LogP contribution in [0.3, 0.4) is 0 Å². The van der Waals surface area contributed by atoms with Crippen LogP contribution in [0, 0.1) is 0 Å². The number of hydrogen-bond donors (Lipinski definition) is 4. The third-order valence-corrected chi connectivity index (χ3v) is 1.45. The molecule has 0 saturated carbocycles. The number of carbonyl (C=O) groups excluding carboxylic acids is 1. The van der Waals surface area contributed by atoms with Crippen LogP contribution in [0.2, 0.25) is 0 Å². The SMILES string of the molecule is NC[C@H](O)CC[C@H](N)C(N)=O. The second-order valence-corrected chi connectivity index (χ2v) is 2.48. The number of aliphatic hydroxyl groups is 1. The molecule has 0 aliphatic carbocycles. The van der Waals surface area contributed by atoms with E-state index in [0.29, 0.717) is 12.8 Å². The van der Waals surface area contributed by atoms with Crippen molar-refractivity contribution in [2.75, 3.05) is 6.54 Å². The molecule has 5 heteroatoms. The van der Waals surface area contributed by atoms with Gasteiger partial charge in [0.25, 0.3) is 0 Å². The summed E-state index contributed by atoms with van der Waals surface area (Å²) in [6, 6.07) is -0.670. The number of rotatable bonds is 5. The highest BCUT2D eigenvalue weighted by Crippen LogP contribution is 1.97. The van der Waals surface area contributed by atoms with Gasteiger partial charge in [0.15, 0.2) is 0 Å². The molecule has 0 rings (SSSR count). The molecule has 0 fully saturated rings. The number of nitrogens with two attached hydrogens (primary N) is 3. The smallest absolute Gasteiger partial charge is 0.234 e. The van der Waals surface area contributed by atoms with Crippen LogP contribution in [-0.2, 0) is 4.79 Å². The van der Waals surface area contributed by atoms with Crippen molar-refractivity contribution in [3.05, 3.63) is 0 Å². The van der Waals surface area contributed by atoms with Gasteiger partial charge in [-0.15, -0.1) is 0 Å². The zero-order valence-electron chi connectivity index (χ0n) is 6.36. The summed E-state index contributed by atoms with van der Waals surface area (Å²) in [7, 11) is 0. The van der Waals surface area contributed by atoms with E-state index in [1.807, 2.05) is 0 Å². The summed E-state index contributed by atoms with van der Waals surface area (Å²) in [6.07, 6.45) is 0.217. The minimum absolute atomic E-state index is 0.186. The lowest BCUT2D eigenvalue weighted by atomic mass is 10.1. The van der Waals surface area contributed by atoms with Gasteiger partial charge in [-0.25, -0.2) is 0 Å². The largest absolute Gasteiger partial charge is 0.392 e. The molecular formula is C6H15N3O2. The summed E-state index contributed by atoms with van der Waals surface area (Å²) >= 11 is 0. The lowest BCUT2D eigenvalue weighted by molar-refractivity contribution is -0.119. The molecule has 0 aliphatic rings. The molecule has 0 aliphatic heterocycles. The second kappa shape index (κ2) is 5.06. The second-order valence-electron chi connectivity index (χ2n) is 2.48. The number of aliphatic hydroxyl groups excluding tert-OH is 1. The molecule has 0 saturated heterocycles. The minimum atomic E-state index is -0.670. The Labute approximate surface area is 65.5 Å². The monoisotopic (exact) mass is 161 g/mol. The average molecular weight is 161 g/mol. The fourth-order valence-electron chi connectivity index (χ4n) is 0.632. The van der Waals surface area contributed by atoms with Crippen molar-refractivity contribution in [3.8, 4) is 0 Å². The van der Waals surface area contributed by atoms with Crippen LogP contribution in [0.5, 0.6) is 0 Å². The highest BCUT2D eigenvalue weighted by atomic mass is 16.3. The first-order chi connectivity index (χ1) is 5.07. The van der Waals surface area contributed by atoms with Gasteiger partial charge in [0, 0.05) is 6.54 Å². The highest BCUT2D eigenvalue weighted by molar-refractivity contribution is 5.79. The topological polar surface area (TPSA) is 115 Å². The van der Waals surface area contributed by atoms with E-state index in [0.717, 1.165) is 0 Å². The van der Waals surface area contributed by atoms with Crippen molar-refractivity contribution in [1.29, 1.82) is 0 Å². The van der Waals surface area contributed by atoms with Crippen LogP contribution in [0.15, 0.2) is 0 Å². The van der Waals surface area contributed by atoms with Gasteiger partial charge in [0.1, 0.15) is 0 Å². The van der Waals surface area contributed by atoms with Crippen molar-refractivity contribution in [1.82, 2.24) is 0 Å². The van der Waals surface area contributed by atoms with Gasteiger partial charge in [-0.05, 0) is 12.8 Å². The van der Waals surface area contributed by atoms with Gasteiger partial charge in [-0.2, -0.15) is 0 Å². The molecule has 0 aromatic carbocycles. The van der Waals surface area contributed by atoms with Crippen molar-refractivity contribution in [3.63, 3.8) is 0 Å². The molecule has 0 unspecified atom stereocenters. The maximum absolute atomic E-state index is 10.4. The molecule has 66 valence electrons. The van der Waals surface area contributed by atoms with Crippen LogP contribution in [0.1, 0.15) is 12.8 Å². The molecule has 1 amide bonds. The fraction of sp³-hybridized carbons (Fsp3) is 0.833. The summed E-state index contributed by atoms with van der Waals surface area (Å²) in [6.45, 7) is 0.186. The Kier molecular flexibility index (Phi) is 4.76. The van der Waals surface area contributed by atoms with E-state index in [1.54, 1.807) is 0 Å². The van der Waals surface area contributed by atoms with E-state index < -0.39 is 18.1 Å². The first kappa shape index (κ1) is 10.3. The van der Waals surface area contributed by atoms with E-state index in [2.05, 4.69) is 0 Å². The lowest BCUT2D eigenvalue weighted by Crippen LogP contribution is -2.37. The lowest BCUT2D eigenvalue weighted by Gasteiger charge is -2.09. The molecule has 0 bridgehead atoms. The van der Waals surface area contributed by atoms with E-state index in [1.165, 1.54) is 0 Å². The Balaban J connectivity index is 3.45. The summed E-state index contributed by atoms with van der Waals surface area (Å²) < 4.78 is 0. The molecule has 0 radical (unpaired) electrons. The van der Waals surface area contributed by atoms with E-state index in [4.69, 9.17) is 22.3 Å². The first-order valence-electron chi connectivity index (χ1n) is 3.51. The van der Waals surface area contributed by atoms with Gasteiger partial charge in [0.2, 0.25) is 5.91 Å². The Morgan fingerprint density at radius 2 is 2.00 bits per heavy atom. The number of amides is 1. The van der Waals surface area contributed by atoms with Crippen LogP contribution in [0.25, 0.3) is 0 Å². The zero-order valence-corrected chi connectivity index (χ0v) is 6.36. The van der Waals surface area contributed by atoms with Crippen molar-refractivity contribution in [2.24, 2.45) is 17.2 Å². The fourth-order valence-corrected chi connectivity index (χ4v) is 0.632. The maximum atomic E-state index is 10.4. The van der Waals surface area contributed by atoms with Crippen LogP contribution in [0.4, 0.5) is 0 Å². The van der Waals surface area contributed by atoms with Crippen molar-refractivity contribution < 1.29 is 9.90 Å². The Bertz CT molecular complexity index is 129. The molecule has 0 spiro atoms. The summed E-state index contributed by atoms with van der Waals surface area (Å²) in [4.78, 5) is 10.4. The molecule has 0 heterocycles.